The molecule has 2 aromatic heterocycles. The zero-order valence-corrected chi connectivity index (χ0v) is 17.4. The van der Waals surface area contributed by atoms with Gasteiger partial charge in [0.05, 0.1) is 5.69 Å². The van der Waals surface area contributed by atoms with Crippen LogP contribution in [0.1, 0.15) is 11.3 Å². The summed E-state index contributed by atoms with van der Waals surface area (Å²) in [5, 5.41) is 0.928. The predicted molar refractivity (Wildman–Crippen MR) is 114 cm³/mol. The van der Waals surface area contributed by atoms with Crippen LogP contribution in [-0.4, -0.2) is 67.8 Å². The number of imidazole rings is 1. The predicted octanol–water partition coefficient (Wildman–Crippen LogP) is 2.85. The molecule has 3 heterocycles. The topological polar surface area (TPSA) is 87.2 Å². The van der Waals surface area contributed by atoms with Gasteiger partial charge in [-0.1, -0.05) is 23.9 Å². The lowest BCUT2D eigenvalue weighted by Gasteiger charge is -2.33. The Balaban J connectivity index is 1.19. The summed E-state index contributed by atoms with van der Waals surface area (Å²) < 4.78 is 5.55. The highest BCUT2D eigenvalue weighted by Crippen LogP contribution is 2.18. The summed E-state index contributed by atoms with van der Waals surface area (Å²) in [5.74, 6) is 1.51. The van der Waals surface area contributed by atoms with Gasteiger partial charge in [0.2, 0.25) is 0 Å². The number of thioether (sulfide) groups is 1. The number of hydrogen-bond acceptors (Lipinski definition) is 7. The molecule has 0 aliphatic carbocycles. The van der Waals surface area contributed by atoms with Crippen LogP contribution in [0, 0.1) is 0 Å². The van der Waals surface area contributed by atoms with Crippen LogP contribution in [0.15, 0.2) is 60.4 Å². The van der Waals surface area contributed by atoms with Crippen LogP contribution in [-0.2, 0) is 13.0 Å². The number of aromatic amines is 1. The molecule has 1 saturated heterocycles. The molecule has 1 amide bonds. The molecular weight excluding hydrogens is 400 g/mol. The Morgan fingerprint density at radius 2 is 1.90 bits per heavy atom. The molecule has 1 aromatic carbocycles. The monoisotopic (exact) mass is 424 g/mol. The van der Waals surface area contributed by atoms with Gasteiger partial charge in [-0.2, -0.15) is 0 Å². The van der Waals surface area contributed by atoms with Gasteiger partial charge in [0.25, 0.3) is 0 Å². The van der Waals surface area contributed by atoms with Crippen LogP contribution in [0.4, 0.5) is 4.79 Å². The minimum absolute atomic E-state index is 0.294. The molecule has 1 fully saturated rings. The van der Waals surface area contributed by atoms with E-state index in [0.29, 0.717) is 18.8 Å². The molecule has 0 radical (unpaired) electrons. The minimum atomic E-state index is -0.294. The van der Waals surface area contributed by atoms with Crippen molar-refractivity contribution in [1.82, 2.24) is 29.7 Å². The Bertz CT molecular complexity index is 912. The second-order valence-corrected chi connectivity index (χ2v) is 8.05. The van der Waals surface area contributed by atoms with E-state index in [0.717, 1.165) is 42.7 Å². The molecule has 1 N–H and O–H groups in total. The number of nitrogens with zero attached hydrogens (tertiary/aromatic N) is 5. The normalized spacial score (nSPS) is 14.6. The number of aromatic nitrogens is 4. The lowest BCUT2D eigenvalue weighted by molar-refractivity contribution is 0.107. The molecule has 0 unspecified atom stereocenters. The molecule has 156 valence electrons. The van der Waals surface area contributed by atoms with Gasteiger partial charge in [0.15, 0.2) is 5.16 Å². The summed E-state index contributed by atoms with van der Waals surface area (Å²) in [4.78, 5) is 32.0. The van der Waals surface area contributed by atoms with E-state index in [1.54, 1.807) is 35.4 Å². The minimum Gasteiger partial charge on any atom is -0.410 e. The third-order valence-corrected chi connectivity index (χ3v) is 5.80. The third-order valence-electron chi connectivity index (χ3n) is 4.89. The highest BCUT2D eigenvalue weighted by Gasteiger charge is 2.22. The van der Waals surface area contributed by atoms with Crippen molar-refractivity contribution >= 4 is 17.9 Å². The van der Waals surface area contributed by atoms with E-state index in [1.807, 2.05) is 36.5 Å². The number of carbonyl (C=O) groups excluding carboxylic acids is 1. The highest BCUT2D eigenvalue weighted by atomic mass is 32.2. The van der Waals surface area contributed by atoms with E-state index in [9.17, 15) is 4.79 Å². The second-order valence-electron chi connectivity index (χ2n) is 6.97. The molecular formula is C21H24N6O2S. The Labute approximate surface area is 179 Å². The van der Waals surface area contributed by atoms with Gasteiger partial charge in [-0.15, -0.1) is 0 Å². The molecule has 3 aromatic rings. The summed E-state index contributed by atoms with van der Waals surface area (Å²) in [7, 11) is 0. The summed E-state index contributed by atoms with van der Waals surface area (Å²) in [6.07, 6.45) is 7.52. The van der Waals surface area contributed by atoms with Crippen LogP contribution in [0.25, 0.3) is 0 Å². The van der Waals surface area contributed by atoms with Gasteiger partial charge < -0.3 is 14.6 Å². The number of aryl methyl sites for hydroxylation is 1. The van der Waals surface area contributed by atoms with Crippen LogP contribution in [0.5, 0.6) is 5.75 Å². The molecule has 1 aliphatic rings. The van der Waals surface area contributed by atoms with E-state index >= 15 is 0 Å². The third kappa shape index (κ3) is 5.80. The van der Waals surface area contributed by atoms with E-state index in [4.69, 9.17) is 4.74 Å². The first-order chi connectivity index (χ1) is 14.8. The maximum Gasteiger partial charge on any atom is 0.415 e. The maximum absolute atomic E-state index is 12.5. The molecule has 0 bridgehead atoms. The van der Waals surface area contributed by atoms with Gasteiger partial charge in [0.1, 0.15) is 12.1 Å². The number of ether oxygens (including phenoxy) is 1. The molecule has 30 heavy (non-hydrogen) atoms. The Morgan fingerprint density at radius 1 is 1.07 bits per heavy atom. The zero-order chi connectivity index (χ0) is 20.6. The van der Waals surface area contributed by atoms with Crippen LogP contribution < -0.4 is 4.74 Å². The number of H-pyrrole nitrogens is 1. The van der Waals surface area contributed by atoms with Gasteiger partial charge in [-0.3, -0.25) is 4.90 Å². The van der Waals surface area contributed by atoms with Crippen molar-refractivity contribution in [3.05, 3.63) is 66.5 Å². The number of benzene rings is 1. The van der Waals surface area contributed by atoms with E-state index < -0.39 is 0 Å². The largest absolute Gasteiger partial charge is 0.415 e. The van der Waals surface area contributed by atoms with Crippen molar-refractivity contribution < 1.29 is 9.53 Å². The summed E-state index contributed by atoms with van der Waals surface area (Å²) in [6, 6.07) is 9.64. The average Bonchev–Trinajstić information content (AvgIpc) is 3.30. The van der Waals surface area contributed by atoms with Crippen molar-refractivity contribution in [2.45, 2.75) is 18.1 Å². The zero-order valence-electron chi connectivity index (χ0n) is 16.6. The Kier molecular flexibility index (Phi) is 6.94. The van der Waals surface area contributed by atoms with Gasteiger partial charge in [-0.25, -0.2) is 19.7 Å². The molecule has 0 saturated carbocycles. The van der Waals surface area contributed by atoms with E-state index in [-0.39, 0.29) is 6.09 Å². The van der Waals surface area contributed by atoms with Crippen molar-refractivity contribution in [1.29, 1.82) is 0 Å². The number of carbonyl (C=O) groups is 1. The highest BCUT2D eigenvalue weighted by molar-refractivity contribution is 7.99. The summed E-state index contributed by atoms with van der Waals surface area (Å²) >= 11 is 1.69. The van der Waals surface area contributed by atoms with Crippen molar-refractivity contribution in [2.24, 2.45) is 0 Å². The summed E-state index contributed by atoms with van der Waals surface area (Å²) in [6.45, 7) is 3.65. The van der Waals surface area contributed by atoms with Crippen molar-refractivity contribution in [3.8, 4) is 5.75 Å². The molecule has 1 aliphatic heterocycles. The van der Waals surface area contributed by atoms with Crippen LogP contribution in [0.2, 0.25) is 0 Å². The first-order valence-electron chi connectivity index (χ1n) is 9.91. The molecule has 0 spiro atoms. The van der Waals surface area contributed by atoms with Gasteiger partial charge in [-0.05, 0) is 30.2 Å². The molecule has 0 atom stereocenters. The lowest BCUT2D eigenvalue weighted by atomic mass is 10.2. The van der Waals surface area contributed by atoms with Crippen molar-refractivity contribution in [3.63, 3.8) is 0 Å². The Hall–Kier alpha value is -2.91. The lowest BCUT2D eigenvalue weighted by Crippen LogP contribution is -2.49. The van der Waals surface area contributed by atoms with E-state index in [1.165, 1.54) is 5.56 Å². The fraction of sp³-hybridized carbons (Fsp3) is 0.333. The second kappa shape index (κ2) is 10.2. The first kappa shape index (κ1) is 20.4. The SMILES string of the molecule is O=C(Oc1ccc(CCSc2ncc[nH]2)cc1)N1CCN(Cc2ccncn2)CC1. The van der Waals surface area contributed by atoms with E-state index in [2.05, 4.69) is 24.8 Å². The van der Waals surface area contributed by atoms with Gasteiger partial charge >= 0.3 is 6.09 Å². The smallest absolute Gasteiger partial charge is 0.410 e. The fourth-order valence-electron chi connectivity index (χ4n) is 3.21. The number of rotatable bonds is 7. The Morgan fingerprint density at radius 3 is 2.60 bits per heavy atom. The maximum atomic E-state index is 12.5. The molecule has 8 nitrogen and oxygen atoms in total. The fourth-order valence-corrected chi connectivity index (χ4v) is 4.03. The standard InChI is InChI=1S/C21H24N6O2S/c28-21(27-12-10-26(11-13-27)15-18-5-7-22-16-25-18)29-19-3-1-17(2-4-19)6-14-30-20-23-8-9-24-20/h1-5,7-9,16H,6,10-15H2,(H,23,24). The van der Waals surface area contributed by atoms with Gasteiger partial charge in [0, 0.05) is 57.1 Å². The number of hydrogen-bond donors (Lipinski definition) is 1. The quantitative estimate of drug-likeness (QED) is 0.584. The van der Waals surface area contributed by atoms with Crippen LogP contribution >= 0.6 is 11.8 Å². The summed E-state index contributed by atoms with van der Waals surface area (Å²) in [5.41, 5.74) is 2.19. The number of amides is 1. The molecule has 4 rings (SSSR count). The first-order valence-corrected chi connectivity index (χ1v) is 10.9. The molecule has 9 heteroatoms. The number of piperazine rings is 1. The number of nitrogens with one attached hydrogen (secondary N) is 1. The average molecular weight is 425 g/mol. The van der Waals surface area contributed by atoms with Crippen molar-refractivity contribution in [2.75, 3.05) is 31.9 Å². The van der Waals surface area contributed by atoms with Crippen LogP contribution in [0.3, 0.4) is 0 Å².